The Kier molecular flexibility index (Phi) is 3.02. The molecule has 0 saturated heterocycles. The molecule has 0 saturated carbocycles. The first-order valence-electron chi connectivity index (χ1n) is 4.95. The van der Waals surface area contributed by atoms with Crippen molar-refractivity contribution in [2.24, 2.45) is 0 Å². The van der Waals surface area contributed by atoms with E-state index in [2.05, 4.69) is 16.4 Å². The zero-order chi connectivity index (χ0) is 10.7. The van der Waals surface area contributed by atoms with Crippen molar-refractivity contribution in [1.82, 2.24) is 4.98 Å². The Morgan fingerprint density at radius 3 is 2.93 bits per heavy atom. The third kappa shape index (κ3) is 2.36. The zero-order valence-corrected chi connectivity index (χ0v) is 9.67. The van der Waals surface area contributed by atoms with E-state index in [0.29, 0.717) is 6.61 Å². The van der Waals surface area contributed by atoms with Crippen molar-refractivity contribution in [2.75, 3.05) is 6.61 Å². The van der Waals surface area contributed by atoms with Crippen molar-refractivity contribution >= 4 is 11.3 Å². The fourth-order valence-corrected chi connectivity index (χ4v) is 2.03. The Hall–Kier alpha value is -1.35. The number of rotatable bonds is 3. The topological polar surface area (TPSA) is 22.1 Å². The van der Waals surface area contributed by atoms with E-state index in [1.807, 2.05) is 32.0 Å². The summed E-state index contributed by atoms with van der Waals surface area (Å²) in [5.41, 5.74) is 2.14. The molecule has 1 aromatic heterocycles. The highest BCUT2D eigenvalue weighted by Crippen LogP contribution is 2.24. The zero-order valence-electron chi connectivity index (χ0n) is 8.86. The number of thiazole rings is 1. The molecule has 1 aromatic carbocycles. The summed E-state index contributed by atoms with van der Waals surface area (Å²) in [5.74, 6) is 0.903. The van der Waals surface area contributed by atoms with Crippen LogP contribution >= 0.6 is 11.3 Å². The molecule has 2 nitrogen and oxygen atoms in total. The molecule has 15 heavy (non-hydrogen) atoms. The first-order valence-corrected chi connectivity index (χ1v) is 5.83. The minimum absolute atomic E-state index is 0.694. The van der Waals surface area contributed by atoms with Gasteiger partial charge in [0.05, 0.1) is 17.3 Å². The van der Waals surface area contributed by atoms with Crippen LogP contribution in [-0.4, -0.2) is 11.6 Å². The van der Waals surface area contributed by atoms with E-state index in [0.717, 1.165) is 22.0 Å². The van der Waals surface area contributed by atoms with Crippen molar-refractivity contribution in [1.29, 1.82) is 0 Å². The number of benzene rings is 1. The molecule has 0 bridgehead atoms. The smallest absolute Gasteiger partial charge is 0.119 e. The fourth-order valence-electron chi connectivity index (χ4n) is 1.41. The third-order valence-corrected chi connectivity index (χ3v) is 2.83. The molecule has 0 spiro atoms. The van der Waals surface area contributed by atoms with Crippen LogP contribution in [0, 0.1) is 6.92 Å². The van der Waals surface area contributed by atoms with Crippen LogP contribution in [-0.2, 0) is 0 Å². The number of ether oxygens (including phenoxy) is 1. The van der Waals surface area contributed by atoms with Gasteiger partial charge < -0.3 is 4.74 Å². The second-order valence-corrected chi connectivity index (χ2v) is 4.27. The predicted octanol–water partition coefficient (Wildman–Crippen LogP) is 3.52. The molecule has 0 aliphatic carbocycles. The van der Waals surface area contributed by atoms with E-state index < -0.39 is 0 Å². The van der Waals surface area contributed by atoms with Crippen LogP contribution in [0.15, 0.2) is 29.6 Å². The second-order valence-electron chi connectivity index (χ2n) is 3.21. The van der Waals surface area contributed by atoms with Gasteiger partial charge in [0.15, 0.2) is 0 Å². The quantitative estimate of drug-likeness (QED) is 0.788. The molecule has 0 fully saturated rings. The molecule has 1 heterocycles. The van der Waals surface area contributed by atoms with Gasteiger partial charge in [0, 0.05) is 10.9 Å². The van der Waals surface area contributed by atoms with Gasteiger partial charge in [-0.1, -0.05) is 12.1 Å². The Labute approximate surface area is 93.6 Å². The van der Waals surface area contributed by atoms with Gasteiger partial charge in [-0.25, -0.2) is 4.98 Å². The highest BCUT2D eigenvalue weighted by atomic mass is 32.1. The second kappa shape index (κ2) is 4.45. The number of hydrogen-bond acceptors (Lipinski definition) is 3. The minimum Gasteiger partial charge on any atom is -0.494 e. The summed E-state index contributed by atoms with van der Waals surface area (Å²) in [6, 6.07) is 8.04. The van der Waals surface area contributed by atoms with Gasteiger partial charge >= 0.3 is 0 Å². The number of aromatic nitrogens is 1. The van der Waals surface area contributed by atoms with Gasteiger partial charge in [0.1, 0.15) is 5.75 Å². The molecule has 0 unspecified atom stereocenters. The maximum absolute atomic E-state index is 5.45. The number of aryl methyl sites for hydroxylation is 1. The van der Waals surface area contributed by atoms with Gasteiger partial charge in [-0.2, -0.15) is 0 Å². The van der Waals surface area contributed by atoms with Crippen LogP contribution in [0.1, 0.15) is 11.9 Å². The summed E-state index contributed by atoms with van der Waals surface area (Å²) in [7, 11) is 0. The summed E-state index contributed by atoms with van der Waals surface area (Å²) >= 11 is 1.67. The fraction of sp³-hybridized carbons (Fsp3) is 0.250. The molecule has 0 atom stereocenters. The Bertz CT molecular complexity index is 450. The minimum atomic E-state index is 0.694. The maximum Gasteiger partial charge on any atom is 0.119 e. The highest BCUT2D eigenvalue weighted by Gasteiger charge is 2.02. The molecule has 3 heteroatoms. The van der Waals surface area contributed by atoms with Crippen molar-refractivity contribution < 1.29 is 4.74 Å². The third-order valence-electron chi connectivity index (χ3n) is 2.06. The summed E-state index contributed by atoms with van der Waals surface area (Å²) in [6.07, 6.45) is 0. The molecule has 2 aromatic rings. The molecule has 78 valence electrons. The normalized spacial score (nSPS) is 10.3. The summed E-state index contributed by atoms with van der Waals surface area (Å²) in [6.45, 7) is 4.69. The molecule has 0 aliphatic rings. The Morgan fingerprint density at radius 2 is 2.27 bits per heavy atom. The van der Waals surface area contributed by atoms with Crippen LogP contribution in [0.5, 0.6) is 5.75 Å². The molecule has 0 aliphatic heterocycles. The average molecular weight is 219 g/mol. The van der Waals surface area contributed by atoms with Crippen LogP contribution in [0.25, 0.3) is 11.3 Å². The van der Waals surface area contributed by atoms with E-state index in [1.165, 1.54) is 0 Å². The largest absolute Gasteiger partial charge is 0.494 e. The van der Waals surface area contributed by atoms with Crippen molar-refractivity contribution in [3.63, 3.8) is 0 Å². The lowest BCUT2D eigenvalue weighted by Crippen LogP contribution is -1.91. The Balaban J connectivity index is 2.32. The van der Waals surface area contributed by atoms with Crippen LogP contribution in [0.2, 0.25) is 0 Å². The van der Waals surface area contributed by atoms with Crippen molar-refractivity contribution in [3.05, 3.63) is 34.7 Å². The average Bonchev–Trinajstić information content (AvgIpc) is 2.66. The molecule has 0 N–H and O–H groups in total. The standard InChI is InChI=1S/C12H13NOS/c1-3-14-11-6-4-5-10(7-11)12-8-15-9(2)13-12/h4-8H,3H2,1-2H3. The van der Waals surface area contributed by atoms with Gasteiger partial charge in [-0.05, 0) is 26.0 Å². The van der Waals surface area contributed by atoms with E-state index in [1.54, 1.807) is 11.3 Å². The first-order chi connectivity index (χ1) is 7.29. The first kappa shape index (κ1) is 10.2. The van der Waals surface area contributed by atoms with E-state index in [4.69, 9.17) is 4.74 Å². The molecular weight excluding hydrogens is 206 g/mol. The van der Waals surface area contributed by atoms with Gasteiger partial charge in [-0.3, -0.25) is 0 Å². The van der Waals surface area contributed by atoms with Gasteiger partial charge in [0.25, 0.3) is 0 Å². The van der Waals surface area contributed by atoms with Crippen LogP contribution in [0.4, 0.5) is 0 Å². The highest BCUT2D eigenvalue weighted by molar-refractivity contribution is 7.09. The van der Waals surface area contributed by atoms with E-state index in [9.17, 15) is 0 Å². The maximum atomic E-state index is 5.45. The lowest BCUT2D eigenvalue weighted by Gasteiger charge is -2.03. The molecule has 0 amide bonds. The molecule has 2 rings (SSSR count). The SMILES string of the molecule is CCOc1cccc(-c2csc(C)n2)c1. The summed E-state index contributed by atoms with van der Waals surface area (Å²) in [4.78, 5) is 4.45. The molecular formula is C12H13NOS. The van der Waals surface area contributed by atoms with Crippen LogP contribution in [0.3, 0.4) is 0 Å². The van der Waals surface area contributed by atoms with Crippen molar-refractivity contribution in [2.45, 2.75) is 13.8 Å². The van der Waals surface area contributed by atoms with Crippen LogP contribution < -0.4 is 4.74 Å². The Morgan fingerprint density at radius 1 is 1.40 bits per heavy atom. The summed E-state index contributed by atoms with van der Waals surface area (Å²) < 4.78 is 5.45. The van der Waals surface area contributed by atoms with Gasteiger partial charge in [0.2, 0.25) is 0 Å². The number of hydrogen-bond donors (Lipinski definition) is 0. The van der Waals surface area contributed by atoms with Gasteiger partial charge in [-0.15, -0.1) is 11.3 Å². The molecule has 0 radical (unpaired) electrons. The lowest BCUT2D eigenvalue weighted by molar-refractivity contribution is 0.340. The number of nitrogens with zero attached hydrogens (tertiary/aromatic N) is 1. The monoisotopic (exact) mass is 219 g/mol. The van der Waals surface area contributed by atoms with E-state index >= 15 is 0 Å². The lowest BCUT2D eigenvalue weighted by atomic mass is 10.2. The van der Waals surface area contributed by atoms with Crippen molar-refractivity contribution in [3.8, 4) is 17.0 Å². The summed E-state index contributed by atoms with van der Waals surface area (Å²) in [5, 5.41) is 3.16. The predicted molar refractivity (Wildman–Crippen MR) is 63.5 cm³/mol. The van der Waals surface area contributed by atoms with E-state index in [-0.39, 0.29) is 0 Å².